The lowest BCUT2D eigenvalue weighted by molar-refractivity contribution is 0.357. The fraction of sp³-hybridized carbons (Fsp3) is 0.438. The molecule has 1 unspecified atom stereocenters. The summed E-state index contributed by atoms with van der Waals surface area (Å²) in [5.74, 6) is 1.04. The number of benzene rings is 1. The van der Waals surface area contributed by atoms with E-state index in [4.69, 9.17) is 4.74 Å². The monoisotopic (exact) mass is 271 g/mol. The molecule has 0 bridgehead atoms. The van der Waals surface area contributed by atoms with Crippen LogP contribution in [0.1, 0.15) is 35.5 Å². The Labute approximate surface area is 119 Å². The number of nitrogens with zero attached hydrogens (tertiary/aromatic N) is 2. The van der Waals surface area contributed by atoms with Gasteiger partial charge in [0.15, 0.2) is 0 Å². The van der Waals surface area contributed by atoms with E-state index in [0.717, 1.165) is 30.2 Å². The van der Waals surface area contributed by atoms with Crippen LogP contribution in [-0.2, 0) is 13.5 Å². The second kappa shape index (κ2) is 4.85. The van der Waals surface area contributed by atoms with Crippen LogP contribution in [0.25, 0.3) is 0 Å². The highest BCUT2D eigenvalue weighted by Gasteiger charge is 2.16. The maximum Gasteiger partial charge on any atom is 0.122 e. The third kappa shape index (κ3) is 2.15. The highest BCUT2D eigenvalue weighted by atomic mass is 16.5. The Balaban J connectivity index is 1.84. The summed E-state index contributed by atoms with van der Waals surface area (Å²) in [6.45, 7) is 7.12. The van der Waals surface area contributed by atoms with Crippen molar-refractivity contribution in [3.8, 4) is 5.75 Å². The largest absolute Gasteiger partial charge is 0.493 e. The van der Waals surface area contributed by atoms with Crippen molar-refractivity contribution < 1.29 is 4.74 Å². The minimum atomic E-state index is 0.252. The number of ether oxygens (including phenoxy) is 1. The molecule has 0 spiro atoms. The minimum absolute atomic E-state index is 0.252. The molecular formula is C16H21N3O. The molecule has 2 heterocycles. The number of hydrogen-bond donors (Lipinski definition) is 1. The molecule has 1 aromatic heterocycles. The Morgan fingerprint density at radius 2 is 2.15 bits per heavy atom. The first-order valence-corrected chi connectivity index (χ1v) is 7.08. The number of fused-ring (bicyclic) bond motifs is 1. The van der Waals surface area contributed by atoms with Crippen LogP contribution in [0.4, 0.5) is 5.69 Å². The molecule has 0 amide bonds. The number of aromatic nitrogens is 2. The average Bonchev–Trinajstić information content (AvgIpc) is 2.98. The van der Waals surface area contributed by atoms with E-state index in [9.17, 15) is 0 Å². The molecule has 0 fully saturated rings. The van der Waals surface area contributed by atoms with Crippen LogP contribution in [0.2, 0.25) is 0 Å². The van der Waals surface area contributed by atoms with Gasteiger partial charge in [0.25, 0.3) is 0 Å². The summed E-state index contributed by atoms with van der Waals surface area (Å²) in [5, 5.41) is 8.03. The molecule has 106 valence electrons. The molecule has 1 aromatic carbocycles. The van der Waals surface area contributed by atoms with Crippen LogP contribution in [0, 0.1) is 13.8 Å². The summed E-state index contributed by atoms with van der Waals surface area (Å²) < 4.78 is 7.48. The van der Waals surface area contributed by atoms with Crippen molar-refractivity contribution in [2.45, 2.75) is 33.2 Å². The number of nitrogens with one attached hydrogen (secondary N) is 1. The van der Waals surface area contributed by atoms with E-state index in [1.54, 1.807) is 0 Å². The first kappa shape index (κ1) is 13.0. The van der Waals surface area contributed by atoms with Crippen LogP contribution >= 0.6 is 0 Å². The van der Waals surface area contributed by atoms with Gasteiger partial charge in [-0.25, -0.2) is 0 Å². The van der Waals surface area contributed by atoms with Gasteiger partial charge in [0.2, 0.25) is 0 Å². The molecule has 1 aliphatic rings. The van der Waals surface area contributed by atoms with Gasteiger partial charge in [-0.05, 0) is 44.0 Å². The van der Waals surface area contributed by atoms with Crippen LogP contribution in [-0.4, -0.2) is 16.4 Å². The van der Waals surface area contributed by atoms with E-state index in [-0.39, 0.29) is 6.04 Å². The van der Waals surface area contributed by atoms with Crippen molar-refractivity contribution in [3.63, 3.8) is 0 Å². The van der Waals surface area contributed by atoms with Crippen LogP contribution < -0.4 is 10.1 Å². The van der Waals surface area contributed by atoms with Gasteiger partial charge >= 0.3 is 0 Å². The SMILES string of the molecule is Cc1nn(C)c(C)c1NC(C)c1ccc2c(c1)CCO2. The Kier molecular flexibility index (Phi) is 3.16. The molecule has 0 saturated heterocycles. The van der Waals surface area contributed by atoms with Gasteiger partial charge in [0.05, 0.1) is 23.7 Å². The molecule has 0 aliphatic carbocycles. The molecule has 4 nitrogen and oxygen atoms in total. The smallest absolute Gasteiger partial charge is 0.122 e. The van der Waals surface area contributed by atoms with Crippen molar-refractivity contribution >= 4 is 5.69 Å². The zero-order chi connectivity index (χ0) is 14.3. The fourth-order valence-electron chi connectivity index (χ4n) is 2.76. The van der Waals surface area contributed by atoms with Crippen molar-refractivity contribution in [1.82, 2.24) is 9.78 Å². The minimum Gasteiger partial charge on any atom is -0.493 e. The molecule has 4 heteroatoms. The molecule has 20 heavy (non-hydrogen) atoms. The Bertz CT molecular complexity index is 645. The quantitative estimate of drug-likeness (QED) is 0.932. The standard InChI is InChI=1S/C16H21N3O/c1-10(17-16-11(2)18-19(4)12(16)3)13-5-6-15-14(9-13)7-8-20-15/h5-6,9-10,17H,7-8H2,1-4H3. The maximum atomic E-state index is 5.56. The molecule has 2 aromatic rings. The second-order valence-corrected chi connectivity index (χ2v) is 5.50. The van der Waals surface area contributed by atoms with Crippen molar-refractivity contribution in [1.29, 1.82) is 0 Å². The molecule has 0 radical (unpaired) electrons. The van der Waals surface area contributed by atoms with Crippen LogP contribution in [0.5, 0.6) is 5.75 Å². The van der Waals surface area contributed by atoms with E-state index < -0.39 is 0 Å². The van der Waals surface area contributed by atoms with Gasteiger partial charge in [-0.3, -0.25) is 4.68 Å². The first-order valence-electron chi connectivity index (χ1n) is 7.08. The predicted octanol–water partition coefficient (Wildman–Crippen LogP) is 3.14. The number of aryl methyl sites for hydroxylation is 2. The lowest BCUT2D eigenvalue weighted by Gasteiger charge is -2.17. The summed E-state index contributed by atoms with van der Waals surface area (Å²) in [6, 6.07) is 6.73. The predicted molar refractivity (Wildman–Crippen MR) is 80.4 cm³/mol. The highest BCUT2D eigenvalue weighted by molar-refractivity contribution is 5.54. The lowest BCUT2D eigenvalue weighted by Crippen LogP contribution is -2.08. The van der Waals surface area contributed by atoms with Gasteiger partial charge in [-0.1, -0.05) is 6.07 Å². The normalized spacial score (nSPS) is 14.8. The zero-order valence-electron chi connectivity index (χ0n) is 12.5. The van der Waals surface area contributed by atoms with E-state index in [1.807, 2.05) is 18.7 Å². The summed E-state index contributed by atoms with van der Waals surface area (Å²) in [5.41, 5.74) is 5.95. The topological polar surface area (TPSA) is 39.1 Å². The highest BCUT2D eigenvalue weighted by Crippen LogP contribution is 2.30. The van der Waals surface area contributed by atoms with Crippen molar-refractivity contribution in [2.75, 3.05) is 11.9 Å². The third-order valence-electron chi connectivity index (χ3n) is 4.08. The summed E-state index contributed by atoms with van der Waals surface area (Å²) >= 11 is 0. The van der Waals surface area contributed by atoms with Gasteiger partial charge in [0, 0.05) is 19.5 Å². The molecule has 0 saturated carbocycles. The molecule has 1 atom stereocenters. The number of anilines is 1. The average molecular weight is 271 g/mol. The fourth-order valence-corrected chi connectivity index (χ4v) is 2.76. The molecule has 1 N–H and O–H groups in total. The Hall–Kier alpha value is -1.97. The summed E-state index contributed by atoms with van der Waals surface area (Å²) in [6.07, 6.45) is 1.01. The van der Waals surface area contributed by atoms with Crippen molar-refractivity contribution in [3.05, 3.63) is 40.7 Å². The zero-order valence-corrected chi connectivity index (χ0v) is 12.5. The molecule has 1 aliphatic heterocycles. The van der Waals surface area contributed by atoms with E-state index in [1.165, 1.54) is 16.8 Å². The van der Waals surface area contributed by atoms with Crippen LogP contribution in [0.15, 0.2) is 18.2 Å². The summed E-state index contributed by atoms with van der Waals surface area (Å²) in [7, 11) is 1.98. The second-order valence-electron chi connectivity index (χ2n) is 5.50. The molecule has 3 rings (SSSR count). The van der Waals surface area contributed by atoms with Gasteiger partial charge in [0.1, 0.15) is 5.75 Å². The van der Waals surface area contributed by atoms with Gasteiger partial charge in [-0.2, -0.15) is 5.10 Å². The Morgan fingerprint density at radius 3 is 2.85 bits per heavy atom. The van der Waals surface area contributed by atoms with Gasteiger partial charge < -0.3 is 10.1 Å². The number of hydrogen-bond acceptors (Lipinski definition) is 3. The molecular weight excluding hydrogens is 250 g/mol. The lowest BCUT2D eigenvalue weighted by atomic mass is 10.0. The van der Waals surface area contributed by atoms with Crippen molar-refractivity contribution in [2.24, 2.45) is 7.05 Å². The Morgan fingerprint density at radius 1 is 1.35 bits per heavy atom. The van der Waals surface area contributed by atoms with E-state index in [0.29, 0.717) is 0 Å². The van der Waals surface area contributed by atoms with Crippen LogP contribution in [0.3, 0.4) is 0 Å². The van der Waals surface area contributed by atoms with E-state index >= 15 is 0 Å². The maximum absolute atomic E-state index is 5.56. The summed E-state index contributed by atoms with van der Waals surface area (Å²) in [4.78, 5) is 0. The van der Waals surface area contributed by atoms with E-state index in [2.05, 4.69) is 42.5 Å². The first-order chi connectivity index (χ1) is 9.56. The number of rotatable bonds is 3. The van der Waals surface area contributed by atoms with Gasteiger partial charge in [-0.15, -0.1) is 0 Å². The third-order valence-corrected chi connectivity index (χ3v) is 4.08.